The second-order valence-electron chi connectivity index (χ2n) is 6.14. The van der Waals surface area contributed by atoms with Crippen LogP contribution in [0.1, 0.15) is 18.2 Å². The predicted octanol–water partition coefficient (Wildman–Crippen LogP) is 3.69. The molecule has 3 aromatic rings. The monoisotopic (exact) mass is 387 g/mol. The maximum atomic E-state index is 9.39. The van der Waals surface area contributed by atoms with Gasteiger partial charge in [-0.3, -0.25) is 9.29 Å². The summed E-state index contributed by atoms with van der Waals surface area (Å²) in [5.74, 6) is 0.569. The number of nitriles is 1. The van der Waals surface area contributed by atoms with Gasteiger partial charge in [0.15, 0.2) is 0 Å². The normalized spacial score (nSPS) is 13.9. The molecule has 2 aromatic heterocycles. The van der Waals surface area contributed by atoms with Gasteiger partial charge in [0.05, 0.1) is 28.0 Å². The van der Waals surface area contributed by atoms with Crippen LogP contribution in [0.2, 0.25) is 0 Å². The first-order valence-corrected chi connectivity index (χ1v) is 9.41. The summed E-state index contributed by atoms with van der Waals surface area (Å²) in [6.45, 7) is 2.01. The molecule has 0 amide bonds. The van der Waals surface area contributed by atoms with Crippen molar-refractivity contribution < 1.29 is 0 Å². The molecule has 0 spiro atoms. The Balaban J connectivity index is 1.73. The number of aromatic nitrogens is 3. The average molecular weight is 387 g/mol. The number of fused-ring (bicyclic) bond motifs is 1. The van der Waals surface area contributed by atoms with Crippen LogP contribution in [0.3, 0.4) is 0 Å². The number of rotatable bonds is 4. The molecule has 3 N–H and O–H groups in total. The fraction of sp³-hybridized carbons (Fsp3) is 0.100. The van der Waals surface area contributed by atoms with Gasteiger partial charge < -0.3 is 11.1 Å². The van der Waals surface area contributed by atoms with E-state index >= 15 is 0 Å². The van der Waals surface area contributed by atoms with Crippen LogP contribution in [0.4, 0.5) is 17.3 Å². The Labute approximate surface area is 167 Å². The average Bonchev–Trinajstić information content (AvgIpc) is 2.73. The standard InChI is InChI=1S/C20H17N7S/c1-13(26-20-15(11-21)19(22)24-12-25-20)17-10-16-18(8-5-9-23-16)28-27(17)14-6-3-2-4-7-14/h2-10,12-13H,1H3,(H3,22,24,25,26)/t13-/m0/s1. The van der Waals surface area contributed by atoms with Crippen LogP contribution in [0, 0.1) is 11.3 Å². The highest BCUT2D eigenvalue weighted by Gasteiger charge is 2.26. The summed E-state index contributed by atoms with van der Waals surface area (Å²) in [5.41, 5.74) is 9.00. The highest BCUT2D eigenvalue weighted by molar-refractivity contribution is 8.01. The minimum Gasteiger partial charge on any atom is -0.382 e. The Bertz CT molecular complexity index is 1080. The molecule has 1 aliphatic rings. The quantitative estimate of drug-likeness (QED) is 0.653. The number of nitrogens with two attached hydrogens (primary N) is 1. The SMILES string of the molecule is C[C@H](Nc1ncnc(N)c1C#N)C1=Cc2ncccc2SN1c1ccccc1. The van der Waals surface area contributed by atoms with E-state index in [1.54, 1.807) is 18.1 Å². The van der Waals surface area contributed by atoms with Gasteiger partial charge in [0, 0.05) is 6.20 Å². The van der Waals surface area contributed by atoms with E-state index in [9.17, 15) is 5.26 Å². The van der Waals surface area contributed by atoms with Gasteiger partial charge in [-0.15, -0.1) is 0 Å². The molecular weight excluding hydrogens is 370 g/mol. The molecule has 0 radical (unpaired) electrons. The van der Waals surface area contributed by atoms with Crippen molar-refractivity contribution in [3.05, 3.63) is 71.9 Å². The van der Waals surface area contributed by atoms with E-state index in [4.69, 9.17) is 5.73 Å². The maximum Gasteiger partial charge on any atom is 0.150 e. The van der Waals surface area contributed by atoms with Gasteiger partial charge in [-0.25, -0.2) is 9.97 Å². The fourth-order valence-corrected chi connectivity index (χ4v) is 3.99. The van der Waals surface area contributed by atoms with Gasteiger partial charge >= 0.3 is 0 Å². The maximum absolute atomic E-state index is 9.39. The molecular formula is C20H17N7S. The van der Waals surface area contributed by atoms with Crippen molar-refractivity contribution >= 4 is 35.3 Å². The number of benzene rings is 1. The molecule has 4 rings (SSSR count). The van der Waals surface area contributed by atoms with Crippen molar-refractivity contribution in [2.75, 3.05) is 15.4 Å². The number of nitrogens with zero attached hydrogens (tertiary/aromatic N) is 5. The Kier molecular flexibility index (Phi) is 4.83. The fourth-order valence-electron chi connectivity index (χ4n) is 2.90. The van der Waals surface area contributed by atoms with Crippen LogP contribution < -0.4 is 15.4 Å². The van der Waals surface area contributed by atoms with Crippen LogP contribution in [-0.2, 0) is 0 Å². The minimum atomic E-state index is -0.163. The molecule has 0 aliphatic carbocycles. The highest BCUT2D eigenvalue weighted by Crippen LogP contribution is 2.40. The third kappa shape index (κ3) is 3.35. The molecule has 0 fully saturated rings. The van der Waals surface area contributed by atoms with Crippen LogP contribution in [0.5, 0.6) is 0 Å². The first kappa shape index (κ1) is 17.8. The van der Waals surface area contributed by atoms with Crippen molar-refractivity contribution in [2.45, 2.75) is 17.9 Å². The summed E-state index contributed by atoms with van der Waals surface area (Å²) in [5, 5.41) is 12.7. The second kappa shape index (κ2) is 7.58. The number of pyridine rings is 1. The Morgan fingerprint density at radius 3 is 2.75 bits per heavy atom. The van der Waals surface area contributed by atoms with E-state index in [-0.39, 0.29) is 17.4 Å². The van der Waals surface area contributed by atoms with Crippen molar-refractivity contribution in [2.24, 2.45) is 0 Å². The number of nitrogens with one attached hydrogen (secondary N) is 1. The summed E-state index contributed by atoms with van der Waals surface area (Å²) >= 11 is 1.61. The van der Waals surface area contributed by atoms with Crippen LogP contribution in [0.15, 0.2) is 65.6 Å². The smallest absolute Gasteiger partial charge is 0.150 e. The topological polar surface area (TPSA) is 104 Å². The van der Waals surface area contributed by atoms with E-state index in [0.29, 0.717) is 5.82 Å². The lowest BCUT2D eigenvalue weighted by molar-refractivity contribution is 0.895. The van der Waals surface area contributed by atoms with Gasteiger partial charge in [0.1, 0.15) is 29.6 Å². The first-order chi connectivity index (χ1) is 13.7. The minimum absolute atomic E-state index is 0.158. The van der Waals surface area contributed by atoms with Crippen LogP contribution >= 0.6 is 11.9 Å². The third-order valence-corrected chi connectivity index (χ3v) is 5.43. The van der Waals surface area contributed by atoms with Gasteiger partial charge in [0.25, 0.3) is 0 Å². The third-order valence-electron chi connectivity index (χ3n) is 4.28. The summed E-state index contributed by atoms with van der Waals surface area (Å²) < 4.78 is 2.15. The van der Waals surface area contributed by atoms with Crippen molar-refractivity contribution in [1.29, 1.82) is 5.26 Å². The molecule has 138 valence electrons. The largest absolute Gasteiger partial charge is 0.382 e. The summed E-state index contributed by atoms with van der Waals surface area (Å²) in [6, 6.07) is 16.0. The van der Waals surface area contributed by atoms with E-state index in [2.05, 4.69) is 42.8 Å². The lowest BCUT2D eigenvalue weighted by Gasteiger charge is -2.33. The molecule has 0 unspecified atom stereocenters. The predicted molar refractivity (Wildman–Crippen MR) is 111 cm³/mol. The molecule has 1 atom stereocenters. The molecule has 0 saturated heterocycles. The molecule has 1 aliphatic heterocycles. The van der Waals surface area contributed by atoms with E-state index in [0.717, 1.165) is 22.0 Å². The Morgan fingerprint density at radius 2 is 1.96 bits per heavy atom. The van der Waals surface area contributed by atoms with Crippen molar-refractivity contribution in [1.82, 2.24) is 15.0 Å². The molecule has 0 bridgehead atoms. The van der Waals surface area contributed by atoms with E-state index in [1.807, 2.05) is 43.3 Å². The van der Waals surface area contributed by atoms with Crippen LogP contribution in [0.25, 0.3) is 6.08 Å². The summed E-state index contributed by atoms with van der Waals surface area (Å²) in [7, 11) is 0. The van der Waals surface area contributed by atoms with Gasteiger partial charge in [-0.1, -0.05) is 18.2 Å². The number of nitrogen functional groups attached to an aromatic ring is 1. The number of hydrogen-bond acceptors (Lipinski definition) is 8. The lowest BCUT2D eigenvalue weighted by atomic mass is 10.1. The lowest BCUT2D eigenvalue weighted by Crippen LogP contribution is -2.30. The van der Waals surface area contributed by atoms with Crippen molar-refractivity contribution in [3.8, 4) is 6.07 Å². The Morgan fingerprint density at radius 1 is 1.14 bits per heavy atom. The second-order valence-corrected chi connectivity index (χ2v) is 7.13. The summed E-state index contributed by atoms with van der Waals surface area (Å²) in [4.78, 5) is 13.6. The number of anilines is 3. The molecule has 28 heavy (non-hydrogen) atoms. The first-order valence-electron chi connectivity index (χ1n) is 8.64. The van der Waals surface area contributed by atoms with Crippen LogP contribution in [-0.4, -0.2) is 21.0 Å². The molecule has 0 saturated carbocycles. The molecule has 3 heterocycles. The Hall–Kier alpha value is -3.57. The molecule has 7 nitrogen and oxygen atoms in total. The molecule has 1 aromatic carbocycles. The highest BCUT2D eigenvalue weighted by atomic mass is 32.2. The zero-order chi connectivity index (χ0) is 19.5. The number of para-hydroxylation sites is 1. The summed E-state index contributed by atoms with van der Waals surface area (Å²) in [6.07, 6.45) is 5.18. The number of hydrogen-bond donors (Lipinski definition) is 2. The van der Waals surface area contributed by atoms with Gasteiger partial charge in [-0.2, -0.15) is 5.26 Å². The van der Waals surface area contributed by atoms with Gasteiger partial charge in [0.2, 0.25) is 0 Å². The zero-order valence-electron chi connectivity index (χ0n) is 15.1. The zero-order valence-corrected chi connectivity index (χ0v) is 15.9. The van der Waals surface area contributed by atoms with E-state index < -0.39 is 0 Å². The molecule has 8 heteroatoms. The van der Waals surface area contributed by atoms with Crippen molar-refractivity contribution in [3.63, 3.8) is 0 Å². The van der Waals surface area contributed by atoms with Gasteiger partial charge in [-0.05, 0) is 49.2 Å². The van der Waals surface area contributed by atoms with E-state index in [1.165, 1.54) is 6.33 Å².